The SMILES string of the molecule is CC(=CCl)CN1CCC(CBr)C1. The summed E-state index contributed by atoms with van der Waals surface area (Å²) >= 11 is 9.12. The molecule has 0 saturated carbocycles. The summed E-state index contributed by atoms with van der Waals surface area (Å²) in [6.07, 6.45) is 1.32. The van der Waals surface area contributed by atoms with Crippen LogP contribution in [0.1, 0.15) is 13.3 Å². The lowest BCUT2D eigenvalue weighted by Crippen LogP contribution is -2.22. The number of hydrogen-bond acceptors (Lipinski definition) is 1. The van der Waals surface area contributed by atoms with Crippen molar-refractivity contribution < 1.29 is 0 Å². The Labute approximate surface area is 87.9 Å². The van der Waals surface area contributed by atoms with E-state index in [-0.39, 0.29) is 0 Å². The van der Waals surface area contributed by atoms with Crippen molar-refractivity contribution >= 4 is 27.5 Å². The van der Waals surface area contributed by atoms with Gasteiger partial charge in [0, 0.05) is 24.0 Å². The summed E-state index contributed by atoms with van der Waals surface area (Å²) in [7, 11) is 0. The number of rotatable bonds is 3. The topological polar surface area (TPSA) is 3.24 Å². The molecule has 0 radical (unpaired) electrons. The van der Waals surface area contributed by atoms with Crippen LogP contribution in [0.2, 0.25) is 0 Å². The Balaban J connectivity index is 2.28. The van der Waals surface area contributed by atoms with Gasteiger partial charge in [-0.15, -0.1) is 0 Å². The van der Waals surface area contributed by atoms with Gasteiger partial charge in [-0.3, -0.25) is 4.90 Å². The van der Waals surface area contributed by atoms with Gasteiger partial charge in [-0.25, -0.2) is 0 Å². The van der Waals surface area contributed by atoms with Crippen LogP contribution in [0.4, 0.5) is 0 Å². The summed E-state index contributed by atoms with van der Waals surface area (Å²) in [5.41, 5.74) is 2.94. The van der Waals surface area contributed by atoms with Crippen molar-refractivity contribution in [1.82, 2.24) is 4.90 Å². The normalized spacial score (nSPS) is 26.6. The van der Waals surface area contributed by atoms with Crippen LogP contribution in [0, 0.1) is 5.92 Å². The van der Waals surface area contributed by atoms with Crippen LogP contribution in [0.3, 0.4) is 0 Å². The Morgan fingerprint density at radius 1 is 1.75 bits per heavy atom. The third-order valence-electron chi connectivity index (χ3n) is 2.25. The van der Waals surface area contributed by atoms with Crippen molar-refractivity contribution in [3.8, 4) is 0 Å². The van der Waals surface area contributed by atoms with E-state index in [4.69, 9.17) is 11.6 Å². The highest BCUT2D eigenvalue weighted by Crippen LogP contribution is 2.18. The van der Waals surface area contributed by atoms with Crippen LogP contribution in [0.5, 0.6) is 0 Å². The van der Waals surface area contributed by atoms with E-state index in [1.165, 1.54) is 25.1 Å². The van der Waals surface area contributed by atoms with Crippen LogP contribution in [-0.4, -0.2) is 29.9 Å². The highest BCUT2D eigenvalue weighted by molar-refractivity contribution is 9.09. The molecule has 3 heteroatoms. The Bertz CT molecular complexity index is 170. The van der Waals surface area contributed by atoms with Crippen LogP contribution >= 0.6 is 27.5 Å². The van der Waals surface area contributed by atoms with Gasteiger partial charge < -0.3 is 0 Å². The highest BCUT2D eigenvalue weighted by atomic mass is 79.9. The molecule has 70 valence electrons. The lowest BCUT2D eigenvalue weighted by atomic mass is 10.2. The lowest BCUT2D eigenvalue weighted by Gasteiger charge is -2.14. The molecule has 0 N–H and O–H groups in total. The van der Waals surface area contributed by atoms with Crippen LogP contribution in [-0.2, 0) is 0 Å². The molecule has 1 aliphatic heterocycles. The minimum absolute atomic E-state index is 0.841. The highest BCUT2D eigenvalue weighted by Gasteiger charge is 2.20. The minimum atomic E-state index is 0.841. The molecule has 0 spiro atoms. The zero-order chi connectivity index (χ0) is 8.97. The number of nitrogens with zero attached hydrogens (tertiary/aromatic N) is 1. The van der Waals surface area contributed by atoms with Gasteiger partial charge in [-0.05, 0) is 31.4 Å². The van der Waals surface area contributed by atoms with Gasteiger partial charge in [0.1, 0.15) is 0 Å². The zero-order valence-electron chi connectivity index (χ0n) is 7.39. The van der Waals surface area contributed by atoms with Crippen molar-refractivity contribution in [2.45, 2.75) is 13.3 Å². The van der Waals surface area contributed by atoms with Crippen LogP contribution in [0.25, 0.3) is 0 Å². The monoisotopic (exact) mass is 251 g/mol. The number of hydrogen-bond donors (Lipinski definition) is 0. The van der Waals surface area contributed by atoms with Crippen molar-refractivity contribution in [2.24, 2.45) is 5.92 Å². The largest absolute Gasteiger partial charge is 0.299 e. The molecule has 0 aromatic heterocycles. The number of likely N-dealkylation sites (tertiary alicyclic amines) is 1. The van der Waals surface area contributed by atoms with Gasteiger partial charge in [0.05, 0.1) is 0 Å². The second-order valence-corrected chi connectivity index (χ2v) is 4.37. The summed E-state index contributed by atoms with van der Waals surface area (Å²) < 4.78 is 0. The second kappa shape index (κ2) is 5.25. The van der Waals surface area contributed by atoms with Crippen molar-refractivity contribution in [2.75, 3.05) is 25.0 Å². The van der Waals surface area contributed by atoms with E-state index in [0.717, 1.165) is 17.8 Å². The average molecular weight is 253 g/mol. The Kier molecular flexibility index (Phi) is 4.62. The maximum absolute atomic E-state index is 5.60. The van der Waals surface area contributed by atoms with Gasteiger partial charge in [0.15, 0.2) is 0 Å². The zero-order valence-corrected chi connectivity index (χ0v) is 9.74. The number of alkyl halides is 1. The first-order valence-corrected chi connectivity index (χ1v) is 5.86. The van der Waals surface area contributed by atoms with Crippen LogP contribution < -0.4 is 0 Å². The molecule has 1 fully saturated rings. The lowest BCUT2D eigenvalue weighted by molar-refractivity contribution is 0.357. The molecule has 1 rings (SSSR count). The third-order valence-corrected chi connectivity index (χ3v) is 3.54. The molecule has 0 aliphatic carbocycles. The van der Waals surface area contributed by atoms with Crippen molar-refractivity contribution in [1.29, 1.82) is 0 Å². The maximum atomic E-state index is 5.60. The van der Waals surface area contributed by atoms with Gasteiger partial charge >= 0.3 is 0 Å². The Morgan fingerprint density at radius 3 is 3.00 bits per heavy atom. The van der Waals surface area contributed by atoms with Crippen LogP contribution in [0.15, 0.2) is 11.1 Å². The molecule has 0 amide bonds. The predicted octanol–water partition coefficient (Wildman–Crippen LogP) is 2.85. The fraction of sp³-hybridized carbons (Fsp3) is 0.778. The third kappa shape index (κ3) is 3.08. The second-order valence-electron chi connectivity index (χ2n) is 3.50. The molecule has 1 saturated heterocycles. The molecule has 1 nitrogen and oxygen atoms in total. The van der Waals surface area contributed by atoms with Crippen molar-refractivity contribution in [3.05, 3.63) is 11.1 Å². The van der Waals surface area contributed by atoms with Gasteiger partial charge in [0.25, 0.3) is 0 Å². The molecular formula is C9H15BrClN. The van der Waals surface area contributed by atoms with Crippen molar-refractivity contribution in [3.63, 3.8) is 0 Å². The molecule has 0 aromatic carbocycles. The summed E-state index contributed by atoms with van der Waals surface area (Å²) in [6.45, 7) is 5.55. The first kappa shape index (κ1) is 10.6. The predicted molar refractivity (Wildman–Crippen MR) is 58.0 cm³/mol. The van der Waals surface area contributed by atoms with E-state index in [9.17, 15) is 0 Å². The Hall–Kier alpha value is 0.470. The Morgan fingerprint density at radius 2 is 2.50 bits per heavy atom. The summed E-state index contributed by atoms with van der Waals surface area (Å²) in [5, 5.41) is 1.13. The molecule has 0 bridgehead atoms. The molecule has 1 atom stereocenters. The van der Waals surface area contributed by atoms with E-state index < -0.39 is 0 Å². The van der Waals surface area contributed by atoms with E-state index in [1.807, 2.05) is 0 Å². The molecular weight excluding hydrogens is 237 g/mol. The molecule has 0 aromatic rings. The minimum Gasteiger partial charge on any atom is -0.299 e. The first-order valence-electron chi connectivity index (χ1n) is 4.30. The summed E-state index contributed by atoms with van der Waals surface area (Å²) in [4.78, 5) is 2.46. The first-order chi connectivity index (χ1) is 5.76. The van der Waals surface area contributed by atoms with E-state index in [1.54, 1.807) is 5.54 Å². The molecule has 1 heterocycles. The van der Waals surface area contributed by atoms with Gasteiger partial charge in [-0.2, -0.15) is 0 Å². The summed E-state index contributed by atoms with van der Waals surface area (Å²) in [5.74, 6) is 0.841. The van der Waals surface area contributed by atoms with E-state index in [0.29, 0.717) is 0 Å². The fourth-order valence-electron chi connectivity index (χ4n) is 1.57. The van der Waals surface area contributed by atoms with Gasteiger partial charge in [-0.1, -0.05) is 27.5 Å². The number of halogens is 2. The van der Waals surface area contributed by atoms with E-state index >= 15 is 0 Å². The maximum Gasteiger partial charge on any atom is 0.0201 e. The standard InChI is InChI=1S/C9H15BrClN/c1-8(5-11)6-12-3-2-9(4-10)7-12/h5,9H,2-4,6-7H2,1H3. The molecule has 1 aliphatic rings. The molecule has 12 heavy (non-hydrogen) atoms. The summed E-state index contributed by atoms with van der Waals surface area (Å²) in [6, 6.07) is 0. The van der Waals surface area contributed by atoms with Gasteiger partial charge in [0.2, 0.25) is 0 Å². The smallest absolute Gasteiger partial charge is 0.0201 e. The molecule has 1 unspecified atom stereocenters. The fourth-order valence-corrected chi connectivity index (χ4v) is 2.17. The van der Waals surface area contributed by atoms with E-state index in [2.05, 4.69) is 27.8 Å². The quantitative estimate of drug-likeness (QED) is 0.698. The average Bonchev–Trinajstić information content (AvgIpc) is 2.52.